The Kier molecular flexibility index (Phi) is 8.01. The summed E-state index contributed by atoms with van der Waals surface area (Å²) in [6.07, 6.45) is 1.08. The first-order valence-electron chi connectivity index (χ1n) is 10.5. The number of hydrogen-bond acceptors (Lipinski definition) is 6. The first kappa shape index (κ1) is 25.0. The van der Waals surface area contributed by atoms with Gasteiger partial charge in [0.1, 0.15) is 0 Å². The standard InChI is InChI=1S/C23H27BrN2O6S/c1-15(27)26-10-7-17-13-18(24)22(14-19(17)26)33(29,30)11-8-23(28)25-9-6-16-4-5-20(31-2)21(12-16)32-3/h4-5,12-14H,6-11H2,1-3H3,(H,25,28). The molecule has 1 N–H and O–H groups in total. The summed E-state index contributed by atoms with van der Waals surface area (Å²) in [6, 6.07) is 8.79. The van der Waals surface area contributed by atoms with Crippen molar-refractivity contribution in [1.29, 1.82) is 0 Å². The Morgan fingerprint density at radius 3 is 2.52 bits per heavy atom. The molecule has 178 valence electrons. The van der Waals surface area contributed by atoms with Gasteiger partial charge in [0.25, 0.3) is 0 Å². The van der Waals surface area contributed by atoms with E-state index in [-0.39, 0.29) is 28.9 Å². The maximum Gasteiger partial charge on any atom is 0.223 e. The minimum absolute atomic E-state index is 0.0903. The summed E-state index contributed by atoms with van der Waals surface area (Å²) < 4.78 is 36.8. The van der Waals surface area contributed by atoms with Crippen molar-refractivity contribution in [2.24, 2.45) is 0 Å². The SMILES string of the molecule is COc1ccc(CCNC(=O)CCS(=O)(=O)c2cc3c(cc2Br)CCN3C(C)=O)cc1OC. The Bertz CT molecular complexity index is 1170. The van der Waals surface area contributed by atoms with Crippen molar-refractivity contribution in [2.45, 2.75) is 31.1 Å². The van der Waals surface area contributed by atoms with Crippen molar-refractivity contribution >= 4 is 43.3 Å². The zero-order valence-electron chi connectivity index (χ0n) is 18.8. The molecule has 0 unspecified atom stereocenters. The van der Waals surface area contributed by atoms with Crippen LogP contribution >= 0.6 is 15.9 Å². The van der Waals surface area contributed by atoms with Crippen molar-refractivity contribution < 1.29 is 27.5 Å². The molecular formula is C23H27BrN2O6S. The number of hydrogen-bond donors (Lipinski definition) is 1. The molecule has 1 aliphatic heterocycles. The van der Waals surface area contributed by atoms with Crippen LogP contribution in [0.25, 0.3) is 0 Å². The summed E-state index contributed by atoms with van der Waals surface area (Å²) in [4.78, 5) is 25.8. The third-order valence-corrected chi connectivity index (χ3v) is 8.19. The highest BCUT2D eigenvalue weighted by atomic mass is 79.9. The van der Waals surface area contributed by atoms with Crippen molar-refractivity contribution in [3.05, 3.63) is 45.9 Å². The second-order valence-electron chi connectivity index (χ2n) is 7.69. The molecule has 0 atom stereocenters. The highest BCUT2D eigenvalue weighted by Gasteiger charge is 2.27. The van der Waals surface area contributed by atoms with Crippen LogP contribution in [-0.4, -0.2) is 53.3 Å². The number of anilines is 1. The predicted octanol–water partition coefficient (Wildman–Crippen LogP) is 2.90. The van der Waals surface area contributed by atoms with E-state index in [4.69, 9.17) is 9.47 Å². The molecule has 0 bridgehead atoms. The Morgan fingerprint density at radius 1 is 1.12 bits per heavy atom. The van der Waals surface area contributed by atoms with Crippen LogP contribution in [0.5, 0.6) is 11.5 Å². The number of carbonyl (C=O) groups is 2. The van der Waals surface area contributed by atoms with Crippen LogP contribution in [0.2, 0.25) is 0 Å². The monoisotopic (exact) mass is 538 g/mol. The fourth-order valence-electron chi connectivity index (χ4n) is 3.76. The molecule has 33 heavy (non-hydrogen) atoms. The van der Waals surface area contributed by atoms with Crippen LogP contribution in [-0.2, 0) is 32.3 Å². The molecule has 0 aliphatic carbocycles. The quantitative estimate of drug-likeness (QED) is 0.526. The number of nitrogens with one attached hydrogen (secondary N) is 1. The second-order valence-corrected chi connectivity index (χ2v) is 10.6. The molecule has 0 fully saturated rings. The van der Waals surface area contributed by atoms with Gasteiger partial charge < -0.3 is 19.7 Å². The van der Waals surface area contributed by atoms with Gasteiger partial charge in [-0.1, -0.05) is 6.07 Å². The van der Waals surface area contributed by atoms with Gasteiger partial charge in [0, 0.05) is 36.6 Å². The van der Waals surface area contributed by atoms with Crippen LogP contribution in [0.1, 0.15) is 24.5 Å². The van der Waals surface area contributed by atoms with E-state index in [9.17, 15) is 18.0 Å². The van der Waals surface area contributed by atoms with E-state index in [0.29, 0.717) is 47.6 Å². The number of amides is 2. The van der Waals surface area contributed by atoms with E-state index in [2.05, 4.69) is 21.2 Å². The van der Waals surface area contributed by atoms with Gasteiger partial charge in [-0.15, -0.1) is 0 Å². The predicted molar refractivity (Wildman–Crippen MR) is 129 cm³/mol. The lowest BCUT2D eigenvalue weighted by molar-refractivity contribution is -0.120. The van der Waals surface area contributed by atoms with Gasteiger partial charge in [0.15, 0.2) is 21.3 Å². The first-order chi connectivity index (χ1) is 15.7. The minimum atomic E-state index is -3.73. The first-order valence-corrected chi connectivity index (χ1v) is 12.9. The topological polar surface area (TPSA) is 102 Å². The van der Waals surface area contributed by atoms with Crippen molar-refractivity contribution in [1.82, 2.24) is 5.32 Å². The molecule has 10 heteroatoms. The number of sulfone groups is 1. The summed E-state index contributed by atoms with van der Waals surface area (Å²) >= 11 is 3.34. The van der Waals surface area contributed by atoms with E-state index >= 15 is 0 Å². The number of nitrogens with zero attached hydrogens (tertiary/aromatic N) is 1. The third kappa shape index (κ3) is 5.86. The van der Waals surface area contributed by atoms with Crippen molar-refractivity contribution in [3.63, 3.8) is 0 Å². The maximum absolute atomic E-state index is 12.9. The highest BCUT2D eigenvalue weighted by molar-refractivity contribution is 9.10. The van der Waals surface area contributed by atoms with Crippen molar-refractivity contribution in [3.8, 4) is 11.5 Å². The van der Waals surface area contributed by atoms with E-state index in [0.717, 1.165) is 11.1 Å². The van der Waals surface area contributed by atoms with Crippen LogP contribution in [0.4, 0.5) is 5.69 Å². The van der Waals surface area contributed by atoms with E-state index in [1.807, 2.05) is 12.1 Å². The lowest BCUT2D eigenvalue weighted by atomic mass is 10.1. The Hall–Kier alpha value is -2.59. The molecule has 1 heterocycles. The normalized spacial score (nSPS) is 12.9. The largest absolute Gasteiger partial charge is 0.493 e. The molecule has 0 spiro atoms. The zero-order chi connectivity index (χ0) is 24.2. The molecule has 2 aromatic carbocycles. The number of methoxy groups -OCH3 is 2. The van der Waals surface area contributed by atoms with E-state index in [1.165, 1.54) is 13.0 Å². The van der Waals surface area contributed by atoms with Gasteiger partial charge >= 0.3 is 0 Å². The lowest BCUT2D eigenvalue weighted by Crippen LogP contribution is -2.28. The van der Waals surface area contributed by atoms with Gasteiger partial charge in [-0.2, -0.15) is 0 Å². The van der Waals surface area contributed by atoms with Crippen molar-refractivity contribution in [2.75, 3.05) is 38.0 Å². The smallest absolute Gasteiger partial charge is 0.223 e. The summed E-state index contributed by atoms with van der Waals surface area (Å²) in [5, 5.41) is 2.76. The molecule has 0 saturated heterocycles. The molecule has 0 saturated carbocycles. The molecule has 0 radical (unpaired) electrons. The van der Waals surface area contributed by atoms with Gasteiger partial charge in [-0.05, 0) is 64.2 Å². The molecule has 3 rings (SSSR count). The van der Waals surface area contributed by atoms with E-state index < -0.39 is 9.84 Å². The van der Waals surface area contributed by atoms with Crippen LogP contribution in [0.3, 0.4) is 0 Å². The van der Waals surface area contributed by atoms with Gasteiger partial charge in [-0.3, -0.25) is 9.59 Å². The number of rotatable bonds is 9. The zero-order valence-corrected chi connectivity index (χ0v) is 21.2. The molecular weight excluding hydrogens is 512 g/mol. The number of benzene rings is 2. The number of carbonyl (C=O) groups excluding carboxylic acids is 2. The second kappa shape index (κ2) is 10.6. The summed E-state index contributed by atoms with van der Waals surface area (Å²) in [7, 11) is -0.608. The van der Waals surface area contributed by atoms with Crippen LogP contribution in [0.15, 0.2) is 39.7 Å². The molecule has 2 amide bonds. The molecule has 8 nitrogen and oxygen atoms in total. The highest BCUT2D eigenvalue weighted by Crippen LogP contribution is 2.36. The average Bonchev–Trinajstić information content (AvgIpc) is 3.20. The third-order valence-electron chi connectivity index (χ3n) is 5.53. The Labute approximate surface area is 202 Å². The molecule has 1 aliphatic rings. The van der Waals surface area contributed by atoms with Gasteiger partial charge in [-0.25, -0.2) is 8.42 Å². The van der Waals surface area contributed by atoms with Gasteiger partial charge in [0.2, 0.25) is 11.8 Å². The number of halogens is 1. The molecule has 2 aromatic rings. The van der Waals surface area contributed by atoms with Crippen LogP contribution in [0, 0.1) is 0 Å². The molecule has 0 aromatic heterocycles. The van der Waals surface area contributed by atoms with Gasteiger partial charge in [0.05, 0.1) is 24.9 Å². The summed E-state index contributed by atoms with van der Waals surface area (Å²) in [6.45, 7) is 2.35. The fraction of sp³-hybridized carbons (Fsp3) is 0.391. The van der Waals surface area contributed by atoms with Crippen LogP contribution < -0.4 is 19.7 Å². The lowest BCUT2D eigenvalue weighted by Gasteiger charge is -2.16. The summed E-state index contributed by atoms with van der Waals surface area (Å²) in [5.41, 5.74) is 2.49. The minimum Gasteiger partial charge on any atom is -0.493 e. The van der Waals surface area contributed by atoms with E-state index in [1.54, 1.807) is 31.3 Å². The summed E-state index contributed by atoms with van der Waals surface area (Å²) in [5.74, 6) is 0.428. The fourth-order valence-corrected chi connectivity index (χ4v) is 6.21. The number of ether oxygens (including phenoxy) is 2. The average molecular weight is 539 g/mol. The number of fused-ring (bicyclic) bond motifs is 1. The maximum atomic E-state index is 12.9. The Balaban J connectivity index is 1.58. The Morgan fingerprint density at radius 2 is 1.85 bits per heavy atom.